The second-order valence-electron chi connectivity index (χ2n) is 6.88. The fraction of sp³-hybridized carbons (Fsp3) is 0.333. The molecule has 0 bridgehead atoms. The van der Waals surface area contributed by atoms with Gasteiger partial charge in [0.2, 0.25) is 5.91 Å². The quantitative estimate of drug-likeness (QED) is 0.931. The van der Waals surface area contributed by atoms with Crippen LogP contribution in [0.1, 0.15) is 35.3 Å². The predicted molar refractivity (Wildman–Crippen MR) is 99.8 cm³/mol. The lowest BCUT2D eigenvalue weighted by molar-refractivity contribution is -0.121. The van der Waals surface area contributed by atoms with Crippen LogP contribution in [0.4, 0.5) is 5.69 Å². The van der Waals surface area contributed by atoms with Crippen molar-refractivity contribution in [3.05, 3.63) is 65.2 Å². The third-order valence-corrected chi connectivity index (χ3v) is 4.76. The molecule has 2 amide bonds. The maximum absolute atomic E-state index is 13.1. The van der Waals surface area contributed by atoms with Gasteiger partial charge in [0.15, 0.2) is 0 Å². The number of fused-ring (bicyclic) bond motifs is 1. The van der Waals surface area contributed by atoms with E-state index >= 15 is 0 Å². The summed E-state index contributed by atoms with van der Waals surface area (Å²) in [6.45, 7) is 6.49. The second kappa shape index (κ2) is 7.09. The molecule has 0 spiro atoms. The zero-order valence-corrected chi connectivity index (χ0v) is 15.0. The molecule has 1 aliphatic rings. The van der Waals surface area contributed by atoms with Gasteiger partial charge < -0.3 is 10.2 Å². The van der Waals surface area contributed by atoms with Crippen molar-refractivity contribution in [2.45, 2.75) is 33.2 Å². The maximum Gasteiger partial charge on any atom is 0.252 e. The van der Waals surface area contributed by atoms with Gasteiger partial charge in [-0.15, -0.1) is 0 Å². The Morgan fingerprint density at radius 1 is 1.04 bits per heavy atom. The van der Waals surface area contributed by atoms with E-state index in [1.807, 2.05) is 57.2 Å². The van der Waals surface area contributed by atoms with E-state index in [4.69, 9.17) is 0 Å². The molecular weight excluding hydrogens is 312 g/mol. The number of nitrogens with one attached hydrogen (secondary N) is 1. The zero-order chi connectivity index (χ0) is 18.0. The van der Waals surface area contributed by atoms with E-state index in [9.17, 15) is 9.59 Å². The standard InChI is InChI=1S/C21H24N2O2/c1-14(2)19(22-20(24)17-10-6-4-8-15(17)3)21(25)23-13-12-16-9-5-7-11-18(16)23/h4-11,14,19H,12-13H2,1-3H3,(H,22,24)/t19-/m0/s1. The Kier molecular flexibility index (Phi) is 4.88. The van der Waals surface area contributed by atoms with Crippen LogP contribution < -0.4 is 10.2 Å². The number of aryl methyl sites for hydroxylation is 1. The Bertz CT molecular complexity index is 798. The molecule has 2 aromatic carbocycles. The van der Waals surface area contributed by atoms with Gasteiger partial charge in [0.25, 0.3) is 5.91 Å². The first kappa shape index (κ1) is 17.2. The lowest BCUT2D eigenvalue weighted by Crippen LogP contribution is -2.51. The topological polar surface area (TPSA) is 49.4 Å². The van der Waals surface area contributed by atoms with Gasteiger partial charge >= 0.3 is 0 Å². The number of carbonyl (C=O) groups is 2. The highest BCUT2D eigenvalue weighted by Crippen LogP contribution is 2.28. The third-order valence-electron chi connectivity index (χ3n) is 4.76. The van der Waals surface area contributed by atoms with Gasteiger partial charge in [-0.05, 0) is 42.5 Å². The Morgan fingerprint density at radius 3 is 2.44 bits per heavy atom. The van der Waals surface area contributed by atoms with E-state index in [0.29, 0.717) is 12.1 Å². The lowest BCUT2D eigenvalue weighted by atomic mass is 10.0. The Hall–Kier alpha value is -2.62. The van der Waals surface area contributed by atoms with Gasteiger partial charge in [-0.3, -0.25) is 9.59 Å². The van der Waals surface area contributed by atoms with Crippen LogP contribution in [0.2, 0.25) is 0 Å². The van der Waals surface area contributed by atoms with Gasteiger partial charge in [0.05, 0.1) is 0 Å². The van der Waals surface area contributed by atoms with Crippen LogP contribution in [0, 0.1) is 12.8 Å². The van der Waals surface area contributed by atoms with E-state index in [1.54, 1.807) is 11.0 Å². The van der Waals surface area contributed by atoms with Crippen LogP contribution in [0.25, 0.3) is 0 Å². The fourth-order valence-corrected chi connectivity index (χ4v) is 3.30. The molecule has 0 saturated carbocycles. The van der Waals surface area contributed by atoms with Gasteiger partial charge in [-0.25, -0.2) is 0 Å². The first-order valence-electron chi connectivity index (χ1n) is 8.75. The van der Waals surface area contributed by atoms with Crippen molar-refractivity contribution < 1.29 is 9.59 Å². The smallest absolute Gasteiger partial charge is 0.252 e. The molecule has 1 atom stereocenters. The number of rotatable bonds is 4. The van der Waals surface area contributed by atoms with Gasteiger partial charge in [0.1, 0.15) is 6.04 Å². The van der Waals surface area contributed by atoms with Crippen molar-refractivity contribution >= 4 is 17.5 Å². The average Bonchev–Trinajstić information content (AvgIpc) is 3.03. The summed E-state index contributed by atoms with van der Waals surface area (Å²) >= 11 is 0. The van der Waals surface area contributed by atoms with Gasteiger partial charge in [0, 0.05) is 17.8 Å². The molecule has 1 aliphatic heterocycles. The molecule has 2 aromatic rings. The Balaban J connectivity index is 1.81. The zero-order valence-electron chi connectivity index (χ0n) is 15.0. The van der Waals surface area contributed by atoms with Gasteiger partial charge in [-0.1, -0.05) is 50.2 Å². The van der Waals surface area contributed by atoms with Crippen LogP contribution in [-0.4, -0.2) is 24.4 Å². The van der Waals surface area contributed by atoms with Crippen molar-refractivity contribution in [1.29, 1.82) is 0 Å². The van der Waals surface area contributed by atoms with Crippen LogP contribution in [0.5, 0.6) is 0 Å². The molecule has 3 rings (SSSR count). The fourth-order valence-electron chi connectivity index (χ4n) is 3.30. The summed E-state index contributed by atoms with van der Waals surface area (Å²) in [4.78, 5) is 27.6. The average molecular weight is 336 g/mol. The molecule has 1 heterocycles. The minimum atomic E-state index is -0.543. The number of para-hydroxylation sites is 1. The number of anilines is 1. The van der Waals surface area contributed by atoms with Crippen LogP contribution in [0.15, 0.2) is 48.5 Å². The monoisotopic (exact) mass is 336 g/mol. The van der Waals surface area contributed by atoms with E-state index in [1.165, 1.54) is 5.56 Å². The summed E-state index contributed by atoms with van der Waals surface area (Å²) in [5.74, 6) is -0.229. The molecule has 0 fully saturated rings. The molecule has 0 aromatic heterocycles. The summed E-state index contributed by atoms with van der Waals surface area (Å²) in [6, 6.07) is 14.9. The third kappa shape index (κ3) is 3.43. The van der Waals surface area contributed by atoms with Crippen LogP contribution in [0.3, 0.4) is 0 Å². The Morgan fingerprint density at radius 2 is 1.72 bits per heavy atom. The SMILES string of the molecule is Cc1ccccc1C(=O)N[C@H](C(=O)N1CCc2ccccc21)C(C)C. The maximum atomic E-state index is 13.1. The van der Waals surface area contributed by atoms with Crippen molar-refractivity contribution in [2.24, 2.45) is 5.92 Å². The number of hydrogen-bond acceptors (Lipinski definition) is 2. The minimum Gasteiger partial charge on any atom is -0.340 e. The van der Waals surface area contributed by atoms with Crippen molar-refractivity contribution in [3.63, 3.8) is 0 Å². The van der Waals surface area contributed by atoms with E-state index < -0.39 is 6.04 Å². The van der Waals surface area contributed by atoms with Gasteiger partial charge in [-0.2, -0.15) is 0 Å². The van der Waals surface area contributed by atoms with Crippen LogP contribution in [-0.2, 0) is 11.2 Å². The highest BCUT2D eigenvalue weighted by molar-refractivity contribution is 6.03. The van der Waals surface area contributed by atoms with Crippen LogP contribution >= 0.6 is 0 Å². The summed E-state index contributed by atoms with van der Waals surface area (Å²) in [5.41, 5.74) is 3.66. The molecule has 0 radical (unpaired) electrons. The number of benzene rings is 2. The van der Waals surface area contributed by atoms with Crippen molar-refractivity contribution in [1.82, 2.24) is 5.32 Å². The molecule has 0 unspecified atom stereocenters. The van der Waals surface area contributed by atoms with Crippen molar-refractivity contribution in [3.8, 4) is 0 Å². The minimum absolute atomic E-state index is 0.00762. The summed E-state index contributed by atoms with van der Waals surface area (Å²) < 4.78 is 0. The first-order chi connectivity index (χ1) is 12.0. The number of carbonyl (C=O) groups excluding carboxylic acids is 2. The predicted octanol–water partition coefficient (Wildman–Crippen LogP) is 3.34. The molecule has 4 heteroatoms. The van der Waals surface area contributed by atoms with E-state index in [-0.39, 0.29) is 17.7 Å². The number of hydrogen-bond donors (Lipinski definition) is 1. The normalized spacial score (nSPS) is 14.3. The molecule has 0 saturated heterocycles. The first-order valence-corrected chi connectivity index (χ1v) is 8.75. The molecule has 1 N–H and O–H groups in total. The summed E-state index contributed by atoms with van der Waals surface area (Å²) in [5, 5.41) is 2.95. The summed E-state index contributed by atoms with van der Waals surface area (Å²) in [7, 11) is 0. The highest BCUT2D eigenvalue weighted by Gasteiger charge is 2.33. The van der Waals surface area contributed by atoms with E-state index in [0.717, 1.165) is 17.7 Å². The molecule has 25 heavy (non-hydrogen) atoms. The van der Waals surface area contributed by atoms with Crippen molar-refractivity contribution in [2.75, 3.05) is 11.4 Å². The Labute approximate surface area is 148 Å². The largest absolute Gasteiger partial charge is 0.340 e. The highest BCUT2D eigenvalue weighted by atomic mass is 16.2. The number of nitrogens with zero attached hydrogens (tertiary/aromatic N) is 1. The van der Waals surface area contributed by atoms with E-state index in [2.05, 4.69) is 11.4 Å². The second-order valence-corrected chi connectivity index (χ2v) is 6.88. The molecule has 0 aliphatic carbocycles. The summed E-state index contributed by atoms with van der Waals surface area (Å²) in [6.07, 6.45) is 0.860. The molecule has 130 valence electrons. The number of amides is 2. The molecular formula is C21H24N2O2. The lowest BCUT2D eigenvalue weighted by Gasteiger charge is -2.27. The molecule has 4 nitrogen and oxygen atoms in total.